The topological polar surface area (TPSA) is 107 Å². The van der Waals surface area contributed by atoms with Crippen LogP contribution in [-0.2, 0) is 11.3 Å². The molecule has 34 heavy (non-hydrogen) atoms. The van der Waals surface area contributed by atoms with Gasteiger partial charge in [-0.2, -0.15) is 0 Å². The third kappa shape index (κ3) is 3.43. The lowest BCUT2D eigenvalue weighted by Gasteiger charge is -2.28. The van der Waals surface area contributed by atoms with Crippen molar-refractivity contribution in [3.05, 3.63) is 75.4 Å². The van der Waals surface area contributed by atoms with Crippen molar-refractivity contribution in [2.75, 3.05) is 21.0 Å². The molecule has 0 fully saturated rings. The fraction of sp³-hybridized carbons (Fsp3) is 0.208. The van der Waals surface area contributed by atoms with E-state index in [2.05, 4.69) is 4.98 Å². The SMILES string of the molecule is COc1c([C@H]2C(C(=O)c3cccs3)=C(O)C(=O)N2Cc2ccncc2)cc2c(c1OC)OCO2. The van der Waals surface area contributed by atoms with Crippen LogP contribution in [-0.4, -0.2) is 47.7 Å². The van der Waals surface area contributed by atoms with E-state index in [1.807, 2.05) is 0 Å². The zero-order valence-corrected chi connectivity index (χ0v) is 19.1. The van der Waals surface area contributed by atoms with E-state index in [9.17, 15) is 14.7 Å². The predicted molar refractivity (Wildman–Crippen MR) is 122 cm³/mol. The summed E-state index contributed by atoms with van der Waals surface area (Å²) in [5.74, 6) is -0.405. The molecule has 0 radical (unpaired) electrons. The van der Waals surface area contributed by atoms with Crippen molar-refractivity contribution in [1.29, 1.82) is 0 Å². The largest absolute Gasteiger partial charge is 0.503 e. The van der Waals surface area contributed by atoms with Crippen LogP contribution < -0.4 is 18.9 Å². The van der Waals surface area contributed by atoms with Gasteiger partial charge in [0.25, 0.3) is 5.91 Å². The van der Waals surface area contributed by atoms with Crippen LogP contribution in [0.15, 0.2) is 59.4 Å². The molecule has 9 nitrogen and oxygen atoms in total. The molecule has 1 amide bonds. The van der Waals surface area contributed by atoms with Gasteiger partial charge in [0.1, 0.15) is 0 Å². The van der Waals surface area contributed by atoms with Gasteiger partial charge in [0, 0.05) is 24.5 Å². The number of pyridine rings is 1. The van der Waals surface area contributed by atoms with E-state index in [-0.39, 0.29) is 30.4 Å². The van der Waals surface area contributed by atoms with E-state index < -0.39 is 23.5 Å². The molecule has 1 N–H and O–H groups in total. The summed E-state index contributed by atoms with van der Waals surface area (Å²) in [5, 5.41) is 12.7. The van der Waals surface area contributed by atoms with E-state index in [1.54, 1.807) is 48.1 Å². The van der Waals surface area contributed by atoms with Crippen molar-refractivity contribution in [1.82, 2.24) is 9.88 Å². The van der Waals surface area contributed by atoms with Crippen molar-refractivity contribution >= 4 is 23.0 Å². The standard InChI is InChI=1S/C24H20N2O7S/c1-30-21-14(10-15-22(23(21)31-2)33-12-32-15)18-17(19(27)16-4-3-9-34-16)20(28)24(29)26(18)11-13-5-7-25-8-6-13/h3-10,18,28H,11-12H2,1-2H3/t18-/m0/s1. The van der Waals surface area contributed by atoms with E-state index in [4.69, 9.17) is 18.9 Å². The Labute approximate surface area is 198 Å². The van der Waals surface area contributed by atoms with Gasteiger partial charge in [-0.1, -0.05) is 6.07 Å². The van der Waals surface area contributed by atoms with Crippen LogP contribution in [0.4, 0.5) is 0 Å². The highest BCUT2D eigenvalue weighted by atomic mass is 32.1. The lowest BCUT2D eigenvalue weighted by atomic mass is 9.93. The number of fused-ring (bicyclic) bond motifs is 1. The Balaban J connectivity index is 1.71. The molecule has 0 aliphatic carbocycles. The Bertz CT molecular complexity index is 1290. The van der Waals surface area contributed by atoms with Gasteiger partial charge < -0.3 is 29.0 Å². The number of amides is 1. The normalized spacial score (nSPS) is 16.8. The van der Waals surface area contributed by atoms with Crippen LogP contribution in [0.3, 0.4) is 0 Å². The number of aliphatic hydroxyl groups excluding tert-OH is 1. The number of aliphatic hydroxyl groups is 1. The molecular weight excluding hydrogens is 460 g/mol. The van der Waals surface area contributed by atoms with Crippen molar-refractivity contribution in [2.24, 2.45) is 0 Å². The molecule has 2 aliphatic heterocycles. The lowest BCUT2D eigenvalue weighted by Crippen LogP contribution is -2.31. The highest BCUT2D eigenvalue weighted by molar-refractivity contribution is 7.12. The molecule has 0 unspecified atom stereocenters. The number of Topliss-reactive ketones (excluding diaryl/α,β-unsaturated/α-hetero) is 1. The number of rotatable bonds is 7. The molecule has 2 aromatic heterocycles. The summed E-state index contributed by atoms with van der Waals surface area (Å²) >= 11 is 1.23. The summed E-state index contributed by atoms with van der Waals surface area (Å²) in [6.45, 7) is 0.113. The van der Waals surface area contributed by atoms with Crippen LogP contribution in [0, 0.1) is 0 Å². The Morgan fingerprint density at radius 1 is 1.21 bits per heavy atom. The number of hydrogen-bond donors (Lipinski definition) is 1. The number of hydrogen-bond acceptors (Lipinski definition) is 9. The third-order valence-electron chi connectivity index (χ3n) is 5.70. The van der Waals surface area contributed by atoms with Gasteiger partial charge in [0.05, 0.1) is 30.7 Å². The molecule has 0 spiro atoms. The van der Waals surface area contributed by atoms with Crippen LogP contribution >= 0.6 is 11.3 Å². The number of benzene rings is 1. The van der Waals surface area contributed by atoms with Crippen LogP contribution in [0.1, 0.15) is 26.8 Å². The first-order valence-electron chi connectivity index (χ1n) is 10.3. The van der Waals surface area contributed by atoms with E-state index in [0.29, 0.717) is 21.9 Å². The molecule has 4 heterocycles. The molecule has 0 bridgehead atoms. The molecule has 174 valence electrons. The fourth-order valence-electron chi connectivity index (χ4n) is 4.21. The molecule has 2 aliphatic rings. The summed E-state index contributed by atoms with van der Waals surface area (Å²) < 4.78 is 22.3. The summed E-state index contributed by atoms with van der Waals surface area (Å²) in [6, 6.07) is 7.60. The highest BCUT2D eigenvalue weighted by Gasteiger charge is 2.46. The van der Waals surface area contributed by atoms with Crippen LogP contribution in [0.25, 0.3) is 0 Å². The molecule has 10 heteroatoms. The van der Waals surface area contributed by atoms with Crippen LogP contribution in [0.2, 0.25) is 0 Å². The maximum Gasteiger partial charge on any atom is 0.290 e. The number of aromatic nitrogens is 1. The molecule has 0 saturated carbocycles. The van der Waals surface area contributed by atoms with E-state index in [0.717, 1.165) is 5.56 Å². The molecule has 1 atom stereocenters. The zero-order chi connectivity index (χ0) is 23.8. The third-order valence-corrected chi connectivity index (χ3v) is 6.57. The molecule has 0 saturated heterocycles. The second kappa shape index (κ2) is 8.71. The van der Waals surface area contributed by atoms with Crippen LogP contribution in [0.5, 0.6) is 23.0 Å². The molecule has 1 aromatic carbocycles. The molecule has 3 aromatic rings. The van der Waals surface area contributed by atoms with Gasteiger partial charge in [-0.15, -0.1) is 11.3 Å². The Kier molecular flexibility index (Phi) is 5.58. The van der Waals surface area contributed by atoms with Crippen molar-refractivity contribution in [2.45, 2.75) is 12.6 Å². The van der Waals surface area contributed by atoms with Crippen molar-refractivity contribution < 1.29 is 33.6 Å². The first-order valence-corrected chi connectivity index (χ1v) is 11.2. The van der Waals surface area contributed by atoms with Crippen molar-refractivity contribution in [3.8, 4) is 23.0 Å². The molecule has 5 rings (SSSR count). The average molecular weight is 480 g/mol. The lowest BCUT2D eigenvalue weighted by molar-refractivity contribution is -0.130. The van der Waals surface area contributed by atoms with Gasteiger partial charge in [0.2, 0.25) is 24.1 Å². The van der Waals surface area contributed by atoms with Gasteiger partial charge in [-0.25, -0.2) is 0 Å². The van der Waals surface area contributed by atoms with Gasteiger partial charge >= 0.3 is 0 Å². The Morgan fingerprint density at radius 2 is 1.97 bits per heavy atom. The highest BCUT2D eigenvalue weighted by Crippen LogP contribution is 2.54. The Hall–Kier alpha value is -4.05. The smallest absolute Gasteiger partial charge is 0.290 e. The minimum absolute atomic E-state index is 0.00923. The van der Waals surface area contributed by atoms with E-state index in [1.165, 1.54) is 30.5 Å². The first kappa shape index (κ1) is 21.8. The molecular formula is C24H20N2O7S. The minimum atomic E-state index is -0.964. The summed E-state index contributed by atoms with van der Waals surface area (Å²) in [6.07, 6.45) is 3.22. The maximum absolute atomic E-state index is 13.5. The van der Waals surface area contributed by atoms with Gasteiger partial charge in [-0.05, 0) is 35.2 Å². The number of ketones is 1. The number of nitrogens with zero attached hydrogens (tertiary/aromatic N) is 2. The summed E-state index contributed by atoms with van der Waals surface area (Å²) in [5.41, 5.74) is 1.16. The first-order chi connectivity index (χ1) is 16.5. The minimum Gasteiger partial charge on any atom is -0.503 e. The summed E-state index contributed by atoms with van der Waals surface area (Å²) in [4.78, 5) is 32.6. The number of thiophene rings is 1. The number of methoxy groups -OCH3 is 2. The zero-order valence-electron chi connectivity index (χ0n) is 18.3. The monoisotopic (exact) mass is 480 g/mol. The number of carbonyl (C=O) groups is 2. The second-order valence-electron chi connectivity index (χ2n) is 7.53. The number of carbonyl (C=O) groups excluding carboxylic acids is 2. The van der Waals surface area contributed by atoms with Crippen molar-refractivity contribution in [3.63, 3.8) is 0 Å². The average Bonchev–Trinajstić information content (AvgIpc) is 3.60. The van der Waals surface area contributed by atoms with Gasteiger partial charge in [-0.3, -0.25) is 14.6 Å². The second-order valence-corrected chi connectivity index (χ2v) is 8.47. The maximum atomic E-state index is 13.5. The quantitative estimate of drug-likeness (QED) is 0.511. The number of ether oxygens (including phenoxy) is 4. The predicted octanol–water partition coefficient (Wildman–Crippen LogP) is 3.67. The van der Waals surface area contributed by atoms with Gasteiger partial charge in [0.15, 0.2) is 17.3 Å². The van der Waals surface area contributed by atoms with E-state index >= 15 is 0 Å². The Morgan fingerprint density at radius 3 is 2.65 bits per heavy atom. The summed E-state index contributed by atoms with van der Waals surface area (Å²) in [7, 11) is 2.92. The fourth-order valence-corrected chi connectivity index (χ4v) is 4.89.